The Hall–Kier alpha value is -1.97. The summed E-state index contributed by atoms with van der Waals surface area (Å²) in [7, 11) is 0. The van der Waals surface area contributed by atoms with E-state index in [1.165, 1.54) is 40.5 Å². The van der Waals surface area contributed by atoms with E-state index in [0.29, 0.717) is 15.2 Å². The van der Waals surface area contributed by atoms with Crippen molar-refractivity contribution in [1.29, 1.82) is 0 Å². The van der Waals surface area contributed by atoms with Crippen LogP contribution in [0.1, 0.15) is 12.5 Å². The van der Waals surface area contributed by atoms with Gasteiger partial charge in [0.05, 0.1) is 31.9 Å². The molecular formula is C17H22N5O2S2+. The summed E-state index contributed by atoms with van der Waals surface area (Å²) in [5, 5.41) is 10.9. The molecule has 0 spiro atoms. The highest BCUT2D eigenvalue weighted by Crippen LogP contribution is 2.25. The Kier molecular flexibility index (Phi) is 6.59. The van der Waals surface area contributed by atoms with Gasteiger partial charge in [-0.15, -0.1) is 10.2 Å². The number of piperazine rings is 1. The Morgan fingerprint density at radius 2 is 1.96 bits per heavy atom. The molecule has 138 valence electrons. The second kappa shape index (κ2) is 9.11. The number of hydrogen-bond donors (Lipinski definition) is 2. The van der Waals surface area contributed by atoms with E-state index in [1.54, 1.807) is 0 Å². The largest absolute Gasteiger partial charge is 0.331 e. The fourth-order valence-corrected chi connectivity index (χ4v) is 4.52. The number of nitrogens with zero attached hydrogens (tertiary/aromatic N) is 3. The second-order valence-corrected chi connectivity index (χ2v) is 8.34. The standard InChI is InChI=1S/C17H21N5O2S2/c1-13(23)18-16-19-20-17(26-16)25-12-15(24)22-9-7-21(8-10-22)11-14-5-3-2-4-6-14/h2-6H,7-12H2,1H3,(H,18,19,23)/p+1. The van der Waals surface area contributed by atoms with Gasteiger partial charge in [0.15, 0.2) is 4.34 Å². The van der Waals surface area contributed by atoms with Gasteiger partial charge in [0, 0.05) is 12.5 Å². The molecule has 7 nitrogen and oxygen atoms in total. The highest BCUT2D eigenvalue weighted by Gasteiger charge is 2.24. The smallest absolute Gasteiger partial charge is 0.233 e. The first kappa shape index (κ1) is 18.8. The molecule has 2 aromatic rings. The third-order valence-corrected chi connectivity index (χ3v) is 6.09. The van der Waals surface area contributed by atoms with Gasteiger partial charge in [-0.25, -0.2) is 0 Å². The van der Waals surface area contributed by atoms with Crippen LogP contribution < -0.4 is 10.2 Å². The highest BCUT2D eigenvalue weighted by molar-refractivity contribution is 8.01. The monoisotopic (exact) mass is 392 g/mol. The summed E-state index contributed by atoms with van der Waals surface area (Å²) in [6.45, 7) is 5.95. The van der Waals surface area contributed by atoms with Crippen molar-refractivity contribution in [3.8, 4) is 0 Å². The molecule has 2 N–H and O–H groups in total. The van der Waals surface area contributed by atoms with Gasteiger partial charge >= 0.3 is 0 Å². The fraction of sp³-hybridized carbons (Fsp3) is 0.412. The van der Waals surface area contributed by atoms with Gasteiger partial charge in [-0.05, 0) is 0 Å². The minimum atomic E-state index is -0.176. The van der Waals surface area contributed by atoms with Crippen LogP contribution in [0.5, 0.6) is 0 Å². The van der Waals surface area contributed by atoms with Crippen LogP contribution >= 0.6 is 23.1 Å². The summed E-state index contributed by atoms with van der Waals surface area (Å²) in [6.07, 6.45) is 0. The van der Waals surface area contributed by atoms with Crippen LogP contribution in [0.25, 0.3) is 0 Å². The molecule has 26 heavy (non-hydrogen) atoms. The molecule has 0 saturated carbocycles. The summed E-state index contributed by atoms with van der Waals surface area (Å²) in [5.41, 5.74) is 1.34. The molecule has 2 heterocycles. The van der Waals surface area contributed by atoms with E-state index >= 15 is 0 Å². The molecule has 9 heteroatoms. The van der Waals surface area contributed by atoms with E-state index in [9.17, 15) is 9.59 Å². The van der Waals surface area contributed by atoms with Crippen molar-refractivity contribution in [1.82, 2.24) is 15.1 Å². The normalized spacial score (nSPS) is 15.0. The molecule has 0 unspecified atom stereocenters. The molecule has 1 fully saturated rings. The summed E-state index contributed by atoms with van der Waals surface area (Å²) < 4.78 is 0.690. The minimum absolute atomic E-state index is 0.130. The first-order valence-electron chi connectivity index (χ1n) is 8.49. The van der Waals surface area contributed by atoms with E-state index in [0.717, 1.165) is 32.7 Å². The number of quaternary nitrogens is 1. The number of rotatable bonds is 6. The lowest BCUT2D eigenvalue weighted by atomic mass is 10.2. The Balaban J connectivity index is 1.41. The molecule has 2 amide bonds. The first-order chi connectivity index (χ1) is 12.6. The molecule has 1 aliphatic rings. The van der Waals surface area contributed by atoms with E-state index in [1.807, 2.05) is 11.0 Å². The van der Waals surface area contributed by atoms with E-state index in [4.69, 9.17) is 0 Å². The van der Waals surface area contributed by atoms with E-state index in [-0.39, 0.29) is 11.8 Å². The lowest BCUT2D eigenvalue weighted by Crippen LogP contribution is -3.13. The molecule has 1 aromatic heterocycles. The zero-order chi connectivity index (χ0) is 18.4. The van der Waals surface area contributed by atoms with Crippen LogP contribution in [0.4, 0.5) is 5.13 Å². The average Bonchev–Trinajstić information content (AvgIpc) is 3.08. The van der Waals surface area contributed by atoms with Gasteiger partial charge < -0.3 is 15.1 Å². The molecule has 1 saturated heterocycles. The van der Waals surface area contributed by atoms with Gasteiger partial charge in [-0.3, -0.25) is 9.59 Å². The van der Waals surface area contributed by atoms with Gasteiger partial charge in [0.1, 0.15) is 6.54 Å². The molecule has 3 rings (SSSR count). The van der Waals surface area contributed by atoms with Crippen LogP contribution in [0.15, 0.2) is 34.7 Å². The number of aromatic nitrogens is 2. The van der Waals surface area contributed by atoms with Crippen molar-refractivity contribution >= 4 is 40.0 Å². The van der Waals surface area contributed by atoms with Crippen molar-refractivity contribution in [3.63, 3.8) is 0 Å². The van der Waals surface area contributed by atoms with Gasteiger partial charge in [-0.2, -0.15) is 0 Å². The topological polar surface area (TPSA) is 79.6 Å². The number of amides is 2. The Labute approximate surface area is 160 Å². The second-order valence-electron chi connectivity index (χ2n) is 6.14. The van der Waals surface area contributed by atoms with Crippen LogP contribution in [-0.4, -0.2) is 58.8 Å². The number of thioether (sulfide) groups is 1. The van der Waals surface area contributed by atoms with Gasteiger partial charge in [0.2, 0.25) is 16.9 Å². The van der Waals surface area contributed by atoms with Crippen LogP contribution in [0.3, 0.4) is 0 Å². The van der Waals surface area contributed by atoms with Crippen molar-refractivity contribution in [2.45, 2.75) is 17.8 Å². The quantitative estimate of drug-likeness (QED) is 0.553. The SMILES string of the molecule is CC(=O)Nc1nnc(SCC(=O)N2CC[NH+](Cc3ccccc3)CC2)s1. The van der Waals surface area contributed by atoms with Crippen molar-refractivity contribution in [2.24, 2.45) is 0 Å². The Bertz CT molecular complexity index is 745. The summed E-state index contributed by atoms with van der Waals surface area (Å²) in [5.74, 6) is 0.303. The Morgan fingerprint density at radius 1 is 1.23 bits per heavy atom. The number of nitrogens with one attached hydrogen (secondary N) is 2. The van der Waals surface area contributed by atoms with Crippen LogP contribution in [0.2, 0.25) is 0 Å². The molecule has 1 aromatic carbocycles. The number of anilines is 1. The number of carbonyl (C=O) groups is 2. The highest BCUT2D eigenvalue weighted by atomic mass is 32.2. The van der Waals surface area contributed by atoms with Crippen molar-refractivity contribution in [2.75, 3.05) is 37.2 Å². The average molecular weight is 393 g/mol. The lowest BCUT2D eigenvalue weighted by Gasteiger charge is -2.32. The zero-order valence-corrected chi connectivity index (χ0v) is 16.2. The van der Waals surface area contributed by atoms with Gasteiger partial charge in [-0.1, -0.05) is 53.4 Å². The van der Waals surface area contributed by atoms with Crippen LogP contribution in [-0.2, 0) is 16.1 Å². The van der Waals surface area contributed by atoms with E-state index in [2.05, 4.69) is 39.8 Å². The molecule has 1 aliphatic heterocycles. The van der Waals surface area contributed by atoms with Crippen molar-refractivity contribution < 1.29 is 14.5 Å². The predicted molar refractivity (Wildman–Crippen MR) is 102 cm³/mol. The molecular weight excluding hydrogens is 370 g/mol. The molecule has 0 aliphatic carbocycles. The summed E-state index contributed by atoms with van der Waals surface area (Å²) in [6, 6.07) is 10.5. The minimum Gasteiger partial charge on any atom is -0.331 e. The maximum Gasteiger partial charge on any atom is 0.233 e. The third-order valence-electron chi connectivity index (χ3n) is 4.13. The Morgan fingerprint density at radius 3 is 2.65 bits per heavy atom. The summed E-state index contributed by atoms with van der Waals surface area (Å²) >= 11 is 2.65. The van der Waals surface area contributed by atoms with Gasteiger partial charge in [0.25, 0.3) is 0 Å². The number of benzene rings is 1. The lowest BCUT2D eigenvalue weighted by molar-refractivity contribution is -0.917. The first-order valence-corrected chi connectivity index (χ1v) is 10.3. The maximum atomic E-state index is 12.4. The van der Waals surface area contributed by atoms with Crippen LogP contribution in [0, 0.1) is 0 Å². The summed E-state index contributed by atoms with van der Waals surface area (Å²) in [4.78, 5) is 26.8. The van der Waals surface area contributed by atoms with Crippen molar-refractivity contribution in [3.05, 3.63) is 35.9 Å². The van der Waals surface area contributed by atoms with E-state index < -0.39 is 0 Å². The molecule has 0 bridgehead atoms. The number of carbonyl (C=O) groups excluding carboxylic acids is 2. The molecule has 0 radical (unpaired) electrons. The predicted octanol–water partition coefficient (Wildman–Crippen LogP) is 0.516. The third kappa shape index (κ3) is 5.52. The number of hydrogen-bond acceptors (Lipinski definition) is 6. The fourth-order valence-electron chi connectivity index (χ4n) is 2.82. The zero-order valence-electron chi connectivity index (χ0n) is 14.6. The maximum absolute atomic E-state index is 12.4. The molecule has 0 atom stereocenters.